The zero-order valence-corrected chi connectivity index (χ0v) is 11.4. The highest BCUT2D eigenvalue weighted by Crippen LogP contribution is 2.19. The fourth-order valence-corrected chi connectivity index (χ4v) is 1.55. The molecule has 0 radical (unpaired) electrons. The first-order chi connectivity index (χ1) is 8.41. The number of hydrogen-bond donors (Lipinski definition) is 2. The summed E-state index contributed by atoms with van der Waals surface area (Å²) in [5.41, 5.74) is 1.18. The molecule has 0 spiro atoms. The lowest BCUT2D eigenvalue weighted by Crippen LogP contribution is -2.39. The van der Waals surface area contributed by atoms with Gasteiger partial charge < -0.3 is 10.6 Å². The van der Waals surface area contributed by atoms with E-state index in [1.54, 1.807) is 13.0 Å². The van der Waals surface area contributed by atoms with Gasteiger partial charge in [-0.3, -0.25) is 4.79 Å². The van der Waals surface area contributed by atoms with E-state index >= 15 is 0 Å². The number of rotatable bonds is 5. The topological polar surface area (TPSA) is 41.1 Å². The van der Waals surface area contributed by atoms with Gasteiger partial charge in [0.1, 0.15) is 11.9 Å². The quantitative estimate of drug-likeness (QED) is 0.846. The molecule has 0 aromatic heterocycles. The molecule has 0 saturated heterocycles. The Labute approximate surface area is 108 Å². The molecule has 0 saturated carbocycles. The number of nitrogens with one attached hydrogen (secondary N) is 2. The van der Waals surface area contributed by atoms with Crippen LogP contribution in [0.2, 0.25) is 0 Å². The lowest BCUT2D eigenvalue weighted by molar-refractivity contribution is -0.121. The maximum atomic E-state index is 13.6. The number of aryl methyl sites for hydroxylation is 1. The monoisotopic (exact) mass is 252 g/mol. The van der Waals surface area contributed by atoms with Gasteiger partial charge in [-0.25, -0.2) is 4.39 Å². The van der Waals surface area contributed by atoms with Crippen LogP contribution in [0.4, 0.5) is 10.1 Å². The Balaban J connectivity index is 2.64. The van der Waals surface area contributed by atoms with E-state index in [4.69, 9.17) is 0 Å². The first kappa shape index (κ1) is 14.5. The number of amides is 1. The number of para-hydroxylation sites is 1. The molecule has 1 atom stereocenters. The van der Waals surface area contributed by atoms with Crippen LogP contribution in [0.5, 0.6) is 0 Å². The Morgan fingerprint density at radius 1 is 1.33 bits per heavy atom. The summed E-state index contributed by atoms with van der Waals surface area (Å²) in [7, 11) is 0. The van der Waals surface area contributed by atoms with E-state index in [2.05, 4.69) is 10.6 Å². The van der Waals surface area contributed by atoms with Crippen LogP contribution in [0, 0.1) is 18.7 Å². The molecule has 0 bridgehead atoms. The van der Waals surface area contributed by atoms with Gasteiger partial charge in [-0.1, -0.05) is 26.0 Å². The first-order valence-electron chi connectivity index (χ1n) is 6.21. The SMILES string of the molecule is Cc1cccc(F)c1NC(C)C(=O)NCC(C)C. The third-order valence-electron chi connectivity index (χ3n) is 2.66. The van der Waals surface area contributed by atoms with E-state index < -0.39 is 6.04 Å². The zero-order valence-electron chi connectivity index (χ0n) is 11.4. The van der Waals surface area contributed by atoms with E-state index in [1.807, 2.05) is 26.8 Å². The van der Waals surface area contributed by atoms with Crippen LogP contribution in [0.3, 0.4) is 0 Å². The molecule has 0 aliphatic heterocycles. The highest BCUT2D eigenvalue weighted by Gasteiger charge is 2.15. The summed E-state index contributed by atoms with van der Waals surface area (Å²) in [5.74, 6) is -0.0544. The average Bonchev–Trinajstić information content (AvgIpc) is 2.30. The van der Waals surface area contributed by atoms with E-state index in [0.29, 0.717) is 18.2 Å². The van der Waals surface area contributed by atoms with Crippen LogP contribution in [-0.2, 0) is 4.79 Å². The number of halogens is 1. The van der Waals surface area contributed by atoms with Gasteiger partial charge in [0.15, 0.2) is 0 Å². The predicted octanol–water partition coefficient (Wildman–Crippen LogP) is 2.71. The van der Waals surface area contributed by atoms with Crippen molar-refractivity contribution in [3.63, 3.8) is 0 Å². The van der Waals surface area contributed by atoms with Crippen molar-refractivity contribution in [1.82, 2.24) is 5.32 Å². The molecule has 2 N–H and O–H groups in total. The van der Waals surface area contributed by atoms with Gasteiger partial charge in [0, 0.05) is 6.54 Å². The van der Waals surface area contributed by atoms with Crippen LogP contribution in [0.25, 0.3) is 0 Å². The minimum Gasteiger partial charge on any atom is -0.371 e. The zero-order chi connectivity index (χ0) is 13.7. The molecule has 0 aliphatic rings. The maximum Gasteiger partial charge on any atom is 0.242 e. The minimum absolute atomic E-state index is 0.119. The van der Waals surface area contributed by atoms with Gasteiger partial charge >= 0.3 is 0 Å². The standard InChI is InChI=1S/C14H21FN2O/c1-9(2)8-16-14(18)11(4)17-13-10(3)6-5-7-12(13)15/h5-7,9,11,17H,8H2,1-4H3,(H,16,18). The van der Waals surface area contributed by atoms with Crippen molar-refractivity contribution in [3.05, 3.63) is 29.6 Å². The van der Waals surface area contributed by atoms with Crippen molar-refractivity contribution < 1.29 is 9.18 Å². The van der Waals surface area contributed by atoms with Gasteiger partial charge in [-0.05, 0) is 31.4 Å². The number of carbonyl (C=O) groups is 1. The molecule has 18 heavy (non-hydrogen) atoms. The smallest absolute Gasteiger partial charge is 0.242 e. The Morgan fingerprint density at radius 2 is 2.00 bits per heavy atom. The van der Waals surface area contributed by atoms with E-state index in [-0.39, 0.29) is 11.7 Å². The molecule has 3 nitrogen and oxygen atoms in total. The third-order valence-corrected chi connectivity index (χ3v) is 2.66. The summed E-state index contributed by atoms with van der Waals surface area (Å²) in [6.07, 6.45) is 0. The van der Waals surface area contributed by atoms with E-state index in [9.17, 15) is 9.18 Å². The first-order valence-corrected chi connectivity index (χ1v) is 6.21. The van der Waals surface area contributed by atoms with Crippen molar-refractivity contribution in [2.45, 2.75) is 33.7 Å². The normalized spacial score (nSPS) is 12.3. The highest BCUT2D eigenvalue weighted by molar-refractivity contribution is 5.84. The van der Waals surface area contributed by atoms with Crippen molar-refractivity contribution in [2.75, 3.05) is 11.9 Å². The Morgan fingerprint density at radius 3 is 2.56 bits per heavy atom. The number of benzene rings is 1. The Kier molecular flexibility index (Phi) is 5.13. The molecule has 4 heteroatoms. The lowest BCUT2D eigenvalue weighted by atomic mass is 10.1. The molecule has 0 heterocycles. The summed E-state index contributed by atoms with van der Waals surface area (Å²) in [6, 6.07) is 4.39. The molecule has 0 aliphatic carbocycles. The molecule has 1 aromatic carbocycles. The molecule has 1 aromatic rings. The third kappa shape index (κ3) is 4.02. The predicted molar refractivity (Wildman–Crippen MR) is 72.1 cm³/mol. The summed E-state index contributed by atoms with van der Waals surface area (Å²) in [6.45, 7) is 8.21. The van der Waals surface area contributed by atoms with Crippen LogP contribution >= 0.6 is 0 Å². The number of carbonyl (C=O) groups excluding carboxylic acids is 1. The van der Waals surface area contributed by atoms with Gasteiger partial charge in [0.05, 0.1) is 5.69 Å². The van der Waals surface area contributed by atoms with Crippen LogP contribution in [0.1, 0.15) is 26.3 Å². The summed E-state index contributed by atoms with van der Waals surface area (Å²) < 4.78 is 13.6. The number of anilines is 1. The van der Waals surface area contributed by atoms with E-state index in [1.165, 1.54) is 6.07 Å². The molecule has 100 valence electrons. The second-order valence-corrected chi connectivity index (χ2v) is 4.94. The van der Waals surface area contributed by atoms with Crippen LogP contribution in [-0.4, -0.2) is 18.5 Å². The van der Waals surface area contributed by atoms with Gasteiger partial charge in [-0.15, -0.1) is 0 Å². The maximum absolute atomic E-state index is 13.6. The van der Waals surface area contributed by atoms with Gasteiger partial charge in [-0.2, -0.15) is 0 Å². The van der Waals surface area contributed by atoms with Crippen molar-refractivity contribution in [1.29, 1.82) is 0 Å². The van der Waals surface area contributed by atoms with Crippen LogP contribution < -0.4 is 10.6 Å². The summed E-state index contributed by atoms with van der Waals surface area (Å²) >= 11 is 0. The molecular formula is C14H21FN2O. The van der Waals surface area contributed by atoms with Crippen molar-refractivity contribution in [2.24, 2.45) is 5.92 Å². The second kappa shape index (κ2) is 6.38. The highest BCUT2D eigenvalue weighted by atomic mass is 19.1. The lowest BCUT2D eigenvalue weighted by Gasteiger charge is -2.18. The van der Waals surface area contributed by atoms with Gasteiger partial charge in [0.2, 0.25) is 5.91 Å². The Hall–Kier alpha value is -1.58. The van der Waals surface area contributed by atoms with E-state index in [0.717, 1.165) is 5.56 Å². The second-order valence-electron chi connectivity index (χ2n) is 4.94. The van der Waals surface area contributed by atoms with Crippen molar-refractivity contribution in [3.8, 4) is 0 Å². The average molecular weight is 252 g/mol. The molecule has 1 unspecified atom stereocenters. The summed E-state index contributed by atoms with van der Waals surface area (Å²) in [5, 5.41) is 5.73. The van der Waals surface area contributed by atoms with Crippen molar-refractivity contribution >= 4 is 11.6 Å². The summed E-state index contributed by atoms with van der Waals surface area (Å²) in [4.78, 5) is 11.8. The number of hydrogen-bond acceptors (Lipinski definition) is 2. The molecular weight excluding hydrogens is 231 g/mol. The van der Waals surface area contributed by atoms with Crippen LogP contribution in [0.15, 0.2) is 18.2 Å². The Bertz CT molecular complexity index is 398. The molecule has 0 fully saturated rings. The fraction of sp³-hybridized carbons (Fsp3) is 0.500. The fourth-order valence-electron chi connectivity index (χ4n) is 1.55. The molecule has 1 amide bonds. The van der Waals surface area contributed by atoms with Gasteiger partial charge in [0.25, 0.3) is 0 Å². The minimum atomic E-state index is -0.459. The largest absolute Gasteiger partial charge is 0.371 e. The molecule has 1 rings (SSSR count).